The molecule has 0 aliphatic carbocycles. The van der Waals surface area contributed by atoms with E-state index in [0.29, 0.717) is 41.6 Å². The lowest BCUT2D eigenvalue weighted by atomic mass is 10.1. The Balaban J connectivity index is 1.42. The summed E-state index contributed by atoms with van der Waals surface area (Å²) in [7, 11) is 0. The predicted octanol–water partition coefficient (Wildman–Crippen LogP) is 4.28. The van der Waals surface area contributed by atoms with Gasteiger partial charge in [-0.3, -0.25) is 9.59 Å². The van der Waals surface area contributed by atoms with Gasteiger partial charge in [-0.25, -0.2) is 0 Å². The first kappa shape index (κ1) is 22.3. The average Bonchev–Trinajstić information content (AvgIpc) is 2.79. The number of ether oxygens (including phenoxy) is 1. The lowest BCUT2D eigenvalue weighted by Crippen LogP contribution is -2.53. The summed E-state index contributed by atoms with van der Waals surface area (Å²) in [5, 5.41) is 2.91. The minimum atomic E-state index is -0.197. The van der Waals surface area contributed by atoms with Crippen LogP contribution < -0.4 is 10.2 Å². The molecule has 2 aliphatic heterocycles. The molecule has 168 valence electrons. The van der Waals surface area contributed by atoms with Crippen molar-refractivity contribution in [3.8, 4) is 0 Å². The fourth-order valence-corrected chi connectivity index (χ4v) is 4.98. The van der Waals surface area contributed by atoms with E-state index in [1.165, 1.54) is 23.0 Å². The van der Waals surface area contributed by atoms with E-state index in [9.17, 15) is 9.59 Å². The monoisotopic (exact) mass is 451 g/mol. The van der Waals surface area contributed by atoms with Gasteiger partial charge in [-0.1, -0.05) is 18.2 Å². The number of nitrogens with one attached hydrogen (secondary N) is 1. The second kappa shape index (κ2) is 9.69. The van der Waals surface area contributed by atoms with E-state index >= 15 is 0 Å². The van der Waals surface area contributed by atoms with Crippen LogP contribution in [0.25, 0.3) is 0 Å². The molecule has 0 radical (unpaired) electrons. The highest BCUT2D eigenvalue weighted by Gasteiger charge is 2.28. The second-order valence-corrected chi connectivity index (χ2v) is 9.35. The summed E-state index contributed by atoms with van der Waals surface area (Å²) in [6.07, 6.45) is 0. The normalized spacial score (nSPS) is 18.9. The summed E-state index contributed by atoms with van der Waals surface area (Å²) in [6, 6.07) is 15.9. The SMILES string of the molecule is CC1=C(C(=O)Nc2cccc(C(=O)N3CCN(c4cccc(C)c4)C(C)C3)c2)SCCO1. The number of aryl methyl sites for hydroxylation is 1. The number of anilines is 2. The summed E-state index contributed by atoms with van der Waals surface area (Å²) >= 11 is 1.49. The van der Waals surface area contributed by atoms with Gasteiger partial charge in [0.05, 0.1) is 6.61 Å². The van der Waals surface area contributed by atoms with Gasteiger partial charge >= 0.3 is 0 Å². The number of carbonyl (C=O) groups excluding carboxylic acids is 2. The van der Waals surface area contributed by atoms with Crippen molar-refractivity contribution in [1.29, 1.82) is 0 Å². The standard InChI is InChI=1S/C25H29N3O3S/c1-17-6-4-9-22(14-17)28-11-10-27(16-18(28)2)25(30)20-7-5-8-21(15-20)26-24(29)23-19(3)31-12-13-32-23/h4-9,14-15,18H,10-13,16H2,1-3H3,(H,26,29). The van der Waals surface area contributed by atoms with E-state index < -0.39 is 0 Å². The van der Waals surface area contributed by atoms with E-state index in [1.54, 1.807) is 31.2 Å². The minimum Gasteiger partial charge on any atom is -0.496 e. The maximum Gasteiger partial charge on any atom is 0.265 e. The largest absolute Gasteiger partial charge is 0.496 e. The van der Waals surface area contributed by atoms with Gasteiger partial charge in [-0.2, -0.15) is 0 Å². The first-order chi connectivity index (χ1) is 15.4. The van der Waals surface area contributed by atoms with Crippen LogP contribution in [0.3, 0.4) is 0 Å². The third-order valence-electron chi connectivity index (χ3n) is 5.79. The van der Waals surface area contributed by atoms with Crippen LogP contribution >= 0.6 is 11.8 Å². The van der Waals surface area contributed by atoms with E-state index in [1.807, 2.05) is 4.90 Å². The number of allylic oxidation sites excluding steroid dienone is 1. The zero-order valence-corrected chi connectivity index (χ0v) is 19.6. The molecule has 0 saturated carbocycles. The lowest BCUT2D eigenvalue weighted by molar-refractivity contribution is -0.112. The Hall–Kier alpha value is -2.93. The van der Waals surface area contributed by atoms with E-state index in [4.69, 9.17) is 4.74 Å². The fraction of sp³-hybridized carbons (Fsp3) is 0.360. The number of carbonyl (C=O) groups is 2. The Morgan fingerprint density at radius 2 is 1.91 bits per heavy atom. The van der Waals surface area contributed by atoms with Gasteiger partial charge in [0.2, 0.25) is 0 Å². The van der Waals surface area contributed by atoms with E-state index in [0.717, 1.165) is 12.3 Å². The molecule has 2 heterocycles. The number of piperazine rings is 1. The first-order valence-electron chi connectivity index (χ1n) is 10.9. The number of amides is 2. The Labute approximate surface area is 193 Å². The first-order valence-corrected chi connectivity index (χ1v) is 11.9. The highest BCUT2D eigenvalue weighted by Crippen LogP contribution is 2.27. The van der Waals surface area contributed by atoms with Crippen molar-refractivity contribution < 1.29 is 14.3 Å². The van der Waals surface area contributed by atoms with Crippen molar-refractivity contribution in [1.82, 2.24) is 4.90 Å². The summed E-state index contributed by atoms with van der Waals surface area (Å²) in [4.78, 5) is 30.7. The number of nitrogens with zero attached hydrogens (tertiary/aromatic N) is 2. The van der Waals surface area contributed by atoms with Gasteiger partial charge in [0, 0.05) is 48.4 Å². The van der Waals surface area contributed by atoms with Crippen LogP contribution in [0.5, 0.6) is 0 Å². The molecule has 1 unspecified atom stereocenters. The van der Waals surface area contributed by atoms with Crippen molar-refractivity contribution in [2.45, 2.75) is 26.8 Å². The van der Waals surface area contributed by atoms with Gasteiger partial charge in [-0.15, -0.1) is 11.8 Å². The Kier molecular flexibility index (Phi) is 6.74. The predicted molar refractivity (Wildman–Crippen MR) is 130 cm³/mol. The molecule has 1 saturated heterocycles. The van der Waals surface area contributed by atoms with Crippen LogP contribution in [0.2, 0.25) is 0 Å². The van der Waals surface area contributed by atoms with Crippen LogP contribution in [0, 0.1) is 6.92 Å². The maximum atomic E-state index is 13.2. The van der Waals surface area contributed by atoms with Crippen molar-refractivity contribution in [2.24, 2.45) is 0 Å². The van der Waals surface area contributed by atoms with Crippen LogP contribution in [0.4, 0.5) is 11.4 Å². The van der Waals surface area contributed by atoms with Crippen LogP contribution in [-0.2, 0) is 9.53 Å². The molecule has 2 aromatic carbocycles. The Bertz CT molecular complexity index is 1050. The lowest BCUT2D eigenvalue weighted by Gasteiger charge is -2.41. The van der Waals surface area contributed by atoms with Gasteiger partial charge in [0.15, 0.2) is 0 Å². The molecule has 2 aliphatic rings. The molecule has 1 fully saturated rings. The zero-order valence-electron chi connectivity index (χ0n) is 18.8. The molecule has 2 amide bonds. The van der Waals surface area contributed by atoms with Gasteiger partial charge in [0.1, 0.15) is 10.7 Å². The molecule has 32 heavy (non-hydrogen) atoms. The molecule has 0 spiro atoms. The van der Waals surface area contributed by atoms with Crippen molar-refractivity contribution in [3.63, 3.8) is 0 Å². The third-order valence-corrected chi connectivity index (χ3v) is 6.92. The topological polar surface area (TPSA) is 61.9 Å². The summed E-state index contributed by atoms with van der Waals surface area (Å²) in [5.74, 6) is 1.19. The number of benzene rings is 2. The smallest absolute Gasteiger partial charge is 0.265 e. The van der Waals surface area contributed by atoms with Crippen molar-refractivity contribution in [3.05, 3.63) is 70.3 Å². The highest BCUT2D eigenvalue weighted by molar-refractivity contribution is 8.04. The van der Waals surface area contributed by atoms with Crippen LogP contribution in [0.1, 0.15) is 29.8 Å². The van der Waals surface area contributed by atoms with Gasteiger partial charge < -0.3 is 19.9 Å². The molecular weight excluding hydrogens is 422 g/mol. The third kappa shape index (κ3) is 4.93. The van der Waals surface area contributed by atoms with E-state index in [-0.39, 0.29) is 17.9 Å². The summed E-state index contributed by atoms with van der Waals surface area (Å²) < 4.78 is 5.48. The number of hydrogen-bond acceptors (Lipinski definition) is 5. The summed E-state index contributed by atoms with van der Waals surface area (Å²) in [6.45, 7) is 8.77. The van der Waals surface area contributed by atoms with Crippen LogP contribution in [0.15, 0.2) is 59.2 Å². The van der Waals surface area contributed by atoms with Crippen LogP contribution in [-0.4, -0.2) is 54.8 Å². The number of thioether (sulfide) groups is 1. The molecule has 0 bridgehead atoms. The van der Waals surface area contributed by atoms with Gasteiger partial charge in [-0.05, 0) is 56.7 Å². The van der Waals surface area contributed by atoms with E-state index in [2.05, 4.69) is 48.3 Å². The molecule has 1 atom stereocenters. The number of hydrogen-bond donors (Lipinski definition) is 1. The highest BCUT2D eigenvalue weighted by atomic mass is 32.2. The second-order valence-electron chi connectivity index (χ2n) is 8.25. The minimum absolute atomic E-state index is 0.0115. The Morgan fingerprint density at radius 1 is 1.09 bits per heavy atom. The maximum absolute atomic E-state index is 13.2. The summed E-state index contributed by atoms with van der Waals surface area (Å²) in [5.41, 5.74) is 3.62. The quantitative estimate of drug-likeness (QED) is 0.752. The van der Waals surface area contributed by atoms with Crippen molar-refractivity contribution in [2.75, 3.05) is 42.2 Å². The molecule has 2 aromatic rings. The van der Waals surface area contributed by atoms with Gasteiger partial charge in [0.25, 0.3) is 11.8 Å². The molecule has 6 nitrogen and oxygen atoms in total. The number of rotatable bonds is 4. The molecule has 4 rings (SSSR count). The molecular formula is C25H29N3O3S. The molecule has 0 aromatic heterocycles. The Morgan fingerprint density at radius 3 is 2.66 bits per heavy atom. The zero-order chi connectivity index (χ0) is 22.7. The molecule has 7 heteroatoms. The average molecular weight is 452 g/mol. The fourth-order valence-electron chi connectivity index (χ4n) is 4.16. The molecule has 1 N–H and O–H groups in total. The van der Waals surface area contributed by atoms with Crippen molar-refractivity contribution >= 4 is 35.0 Å².